The van der Waals surface area contributed by atoms with Gasteiger partial charge in [0, 0.05) is 11.6 Å². The Kier molecular flexibility index (Phi) is 3.94. The molecule has 1 aliphatic rings. The van der Waals surface area contributed by atoms with Crippen LogP contribution in [0, 0.1) is 6.92 Å². The number of aryl methyl sites for hydroxylation is 1. The minimum absolute atomic E-state index is 0.423. The van der Waals surface area contributed by atoms with Crippen LogP contribution in [0.4, 0.5) is 0 Å². The zero-order valence-electron chi connectivity index (χ0n) is 10.0. The van der Waals surface area contributed by atoms with E-state index in [1.165, 1.54) is 0 Å². The molecule has 0 unspecified atom stereocenters. The molecule has 2 rings (SSSR count). The highest BCUT2D eigenvalue weighted by Crippen LogP contribution is 2.24. The number of hydrogen-bond donors (Lipinski definition) is 4. The van der Waals surface area contributed by atoms with Gasteiger partial charge in [0.05, 0.1) is 6.61 Å². The second-order valence-electron chi connectivity index (χ2n) is 4.55. The number of nitrogens with zero attached hydrogens (tertiary/aromatic N) is 1. The van der Waals surface area contributed by atoms with E-state index < -0.39 is 37.3 Å². The van der Waals surface area contributed by atoms with Crippen LogP contribution in [0.3, 0.4) is 0 Å². The third-order valence-electron chi connectivity index (χ3n) is 3.13. The summed E-state index contributed by atoms with van der Waals surface area (Å²) >= 11 is 0. The van der Waals surface area contributed by atoms with E-state index in [9.17, 15) is 15.3 Å². The Hall–Kier alpha value is -1.05. The molecule has 18 heavy (non-hydrogen) atoms. The van der Waals surface area contributed by atoms with Gasteiger partial charge in [-0.05, 0) is 13.0 Å². The number of rotatable bonds is 2. The van der Waals surface area contributed by atoms with Crippen molar-refractivity contribution >= 4 is 0 Å². The molecule has 6 nitrogen and oxygen atoms in total. The van der Waals surface area contributed by atoms with E-state index in [0.29, 0.717) is 0 Å². The molecule has 0 spiro atoms. The van der Waals surface area contributed by atoms with Gasteiger partial charge in [0.2, 0.25) is 0 Å². The van der Waals surface area contributed by atoms with Gasteiger partial charge in [0.1, 0.15) is 18.3 Å². The monoisotopic (exact) mass is 256 g/mol. The molecule has 0 saturated carbocycles. The van der Waals surface area contributed by atoms with Crippen LogP contribution in [0.2, 0.25) is 0 Å². The van der Waals surface area contributed by atoms with E-state index in [4.69, 9.17) is 9.84 Å². The largest absolute Gasteiger partial charge is 0.394 e. The smallest absolute Gasteiger partial charge is 0.292 e. The standard InChI is InChI=1S/C12H18NO5/c1-7-3-2-4-13(5-7)12-11(17)10(16)9(15)8(6-14)18-12/h2-5,8-12,14-17H,6H2,1H3/q+1/t8-,9+,10+,11-,12-/m1/s1. The number of ether oxygens (including phenoxy) is 1. The fourth-order valence-corrected chi connectivity index (χ4v) is 2.10. The first-order chi connectivity index (χ1) is 8.54. The average molecular weight is 256 g/mol. The topological polar surface area (TPSA) is 94.0 Å². The quantitative estimate of drug-likeness (QED) is 0.471. The zero-order valence-corrected chi connectivity index (χ0v) is 10.0. The van der Waals surface area contributed by atoms with E-state index in [1.807, 2.05) is 13.0 Å². The molecule has 6 heteroatoms. The summed E-state index contributed by atoms with van der Waals surface area (Å²) in [7, 11) is 0. The lowest BCUT2D eigenvalue weighted by Crippen LogP contribution is -2.62. The molecule has 0 amide bonds. The maximum absolute atomic E-state index is 9.93. The predicted octanol–water partition coefficient (Wildman–Crippen LogP) is -1.75. The summed E-state index contributed by atoms with van der Waals surface area (Å²) in [5.41, 5.74) is 0.967. The molecule has 1 aliphatic heterocycles. The van der Waals surface area contributed by atoms with Crippen molar-refractivity contribution in [2.75, 3.05) is 6.61 Å². The van der Waals surface area contributed by atoms with Crippen molar-refractivity contribution in [3.05, 3.63) is 30.1 Å². The van der Waals surface area contributed by atoms with Crippen molar-refractivity contribution in [2.45, 2.75) is 37.6 Å². The second-order valence-corrected chi connectivity index (χ2v) is 4.55. The SMILES string of the molecule is Cc1ccc[n+]([C@@H]2O[C@H](CO)[C@H](O)[C@H](O)[C@H]2O)c1. The number of pyridine rings is 1. The van der Waals surface area contributed by atoms with Crippen molar-refractivity contribution in [1.82, 2.24) is 0 Å². The van der Waals surface area contributed by atoms with E-state index in [2.05, 4.69) is 0 Å². The maximum Gasteiger partial charge on any atom is 0.292 e. The van der Waals surface area contributed by atoms with Gasteiger partial charge in [0.25, 0.3) is 6.23 Å². The van der Waals surface area contributed by atoms with Gasteiger partial charge >= 0.3 is 0 Å². The summed E-state index contributed by atoms with van der Waals surface area (Å²) in [6, 6.07) is 3.68. The van der Waals surface area contributed by atoms with Crippen LogP contribution in [-0.2, 0) is 4.74 Å². The molecule has 0 radical (unpaired) electrons. The Bertz CT molecular complexity index is 411. The molecular formula is C12H18NO5+. The normalized spacial score (nSPS) is 36.6. The first kappa shape index (κ1) is 13.4. The van der Waals surface area contributed by atoms with Crippen LogP contribution in [0.25, 0.3) is 0 Å². The van der Waals surface area contributed by atoms with Crippen LogP contribution >= 0.6 is 0 Å². The maximum atomic E-state index is 9.93. The minimum Gasteiger partial charge on any atom is -0.394 e. The van der Waals surface area contributed by atoms with Gasteiger partial charge in [-0.25, -0.2) is 0 Å². The van der Waals surface area contributed by atoms with E-state index >= 15 is 0 Å². The Morgan fingerprint density at radius 3 is 2.56 bits per heavy atom. The van der Waals surface area contributed by atoms with Gasteiger partial charge in [0.15, 0.2) is 18.5 Å². The lowest BCUT2D eigenvalue weighted by atomic mass is 9.98. The van der Waals surface area contributed by atoms with Crippen LogP contribution < -0.4 is 4.57 Å². The molecule has 0 bridgehead atoms. The van der Waals surface area contributed by atoms with Crippen molar-refractivity contribution in [2.24, 2.45) is 0 Å². The van der Waals surface area contributed by atoms with Gasteiger partial charge in [-0.15, -0.1) is 0 Å². The molecule has 0 aliphatic carbocycles. The third-order valence-corrected chi connectivity index (χ3v) is 3.13. The first-order valence-electron chi connectivity index (χ1n) is 5.82. The molecule has 5 atom stereocenters. The van der Waals surface area contributed by atoms with Gasteiger partial charge in [-0.2, -0.15) is 4.57 Å². The van der Waals surface area contributed by atoms with E-state index in [1.54, 1.807) is 23.0 Å². The predicted molar refractivity (Wildman–Crippen MR) is 60.4 cm³/mol. The summed E-state index contributed by atoms with van der Waals surface area (Å²) < 4.78 is 7.03. The fraction of sp³-hybridized carbons (Fsp3) is 0.583. The van der Waals surface area contributed by atoms with Gasteiger partial charge < -0.3 is 25.2 Å². The highest BCUT2D eigenvalue weighted by molar-refractivity contribution is 5.01. The highest BCUT2D eigenvalue weighted by Gasteiger charge is 2.47. The van der Waals surface area contributed by atoms with Crippen molar-refractivity contribution < 1.29 is 29.7 Å². The van der Waals surface area contributed by atoms with Gasteiger partial charge in [-0.3, -0.25) is 0 Å². The van der Waals surface area contributed by atoms with Crippen LogP contribution in [0.15, 0.2) is 24.5 Å². The minimum atomic E-state index is -1.35. The molecular weight excluding hydrogens is 238 g/mol. The number of aliphatic hydroxyl groups excluding tert-OH is 4. The van der Waals surface area contributed by atoms with E-state index in [-0.39, 0.29) is 0 Å². The number of aromatic nitrogens is 1. The number of hydrogen-bond acceptors (Lipinski definition) is 5. The molecule has 1 aromatic rings. The molecule has 4 N–H and O–H groups in total. The molecule has 1 saturated heterocycles. The number of aliphatic hydroxyl groups is 4. The molecule has 100 valence electrons. The molecule has 1 aromatic heterocycles. The second kappa shape index (κ2) is 5.29. The molecule has 0 aromatic carbocycles. The van der Waals surface area contributed by atoms with Crippen molar-refractivity contribution in [3.8, 4) is 0 Å². The Morgan fingerprint density at radius 1 is 1.22 bits per heavy atom. The lowest BCUT2D eigenvalue weighted by Gasteiger charge is -2.36. The van der Waals surface area contributed by atoms with Crippen LogP contribution in [-0.4, -0.2) is 51.4 Å². The summed E-state index contributed by atoms with van der Waals surface area (Å²) in [5.74, 6) is 0. The summed E-state index contributed by atoms with van der Waals surface area (Å²) in [5, 5.41) is 38.4. The summed E-state index contributed by atoms with van der Waals surface area (Å²) in [6.07, 6.45) is -2.20. The Balaban J connectivity index is 2.27. The molecule has 2 heterocycles. The van der Waals surface area contributed by atoms with Crippen molar-refractivity contribution in [1.29, 1.82) is 0 Å². The van der Waals surface area contributed by atoms with Crippen LogP contribution in [0.5, 0.6) is 0 Å². The van der Waals surface area contributed by atoms with E-state index in [0.717, 1.165) is 5.56 Å². The zero-order chi connectivity index (χ0) is 13.3. The Morgan fingerprint density at radius 2 is 1.94 bits per heavy atom. The average Bonchev–Trinajstić information content (AvgIpc) is 2.36. The highest BCUT2D eigenvalue weighted by atomic mass is 16.6. The fourth-order valence-electron chi connectivity index (χ4n) is 2.10. The molecule has 1 fully saturated rings. The van der Waals surface area contributed by atoms with Crippen LogP contribution in [0.1, 0.15) is 11.8 Å². The Labute approximate surface area is 105 Å². The summed E-state index contributed by atoms with van der Waals surface area (Å²) in [6.45, 7) is 1.47. The summed E-state index contributed by atoms with van der Waals surface area (Å²) in [4.78, 5) is 0. The first-order valence-corrected chi connectivity index (χ1v) is 5.82. The third kappa shape index (κ3) is 2.38. The van der Waals surface area contributed by atoms with Gasteiger partial charge in [-0.1, -0.05) is 0 Å². The lowest BCUT2D eigenvalue weighted by molar-refractivity contribution is -0.778. The van der Waals surface area contributed by atoms with Crippen molar-refractivity contribution in [3.63, 3.8) is 0 Å².